The molecule has 5 heteroatoms. The van der Waals surface area contributed by atoms with Crippen molar-refractivity contribution in [2.75, 3.05) is 11.9 Å². The Hall–Kier alpha value is -1.65. The minimum atomic E-state index is -1.02. The van der Waals surface area contributed by atoms with Crippen LogP contribution >= 0.6 is 0 Å². The van der Waals surface area contributed by atoms with Crippen molar-refractivity contribution in [2.45, 2.75) is 33.6 Å². The van der Waals surface area contributed by atoms with Gasteiger partial charge < -0.3 is 10.4 Å². The molecule has 0 aromatic carbocycles. The number of rotatable bonds is 5. The molecule has 0 spiro atoms. The summed E-state index contributed by atoms with van der Waals surface area (Å²) in [5.41, 5.74) is 1.05. The Labute approximate surface area is 107 Å². The predicted octanol–water partition coefficient (Wildman–Crippen LogP) is 2.33. The van der Waals surface area contributed by atoms with Crippen molar-refractivity contribution in [3.63, 3.8) is 0 Å². The molecule has 5 nitrogen and oxygen atoms in total. The van der Waals surface area contributed by atoms with E-state index in [-0.39, 0.29) is 5.69 Å². The molecular formula is C13H19N3O2. The minimum Gasteiger partial charge on any atom is -0.477 e. The van der Waals surface area contributed by atoms with Crippen LogP contribution in [0.25, 0.3) is 0 Å². The lowest BCUT2D eigenvalue weighted by molar-refractivity contribution is 0.0690. The molecule has 1 aliphatic carbocycles. The van der Waals surface area contributed by atoms with Crippen molar-refractivity contribution in [1.29, 1.82) is 0 Å². The van der Waals surface area contributed by atoms with Crippen molar-refractivity contribution in [3.05, 3.63) is 17.5 Å². The van der Waals surface area contributed by atoms with Gasteiger partial charge in [-0.1, -0.05) is 13.8 Å². The van der Waals surface area contributed by atoms with E-state index in [9.17, 15) is 4.79 Å². The van der Waals surface area contributed by atoms with Gasteiger partial charge in [0, 0.05) is 12.2 Å². The maximum absolute atomic E-state index is 10.9. The number of anilines is 1. The van der Waals surface area contributed by atoms with E-state index in [2.05, 4.69) is 29.1 Å². The molecule has 1 fully saturated rings. The van der Waals surface area contributed by atoms with E-state index in [4.69, 9.17) is 5.11 Å². The molecule has 18 heavy (non-hydrogen) atoms. The molecule has 1 saturated carbocycles. The molecule has 1 aliphatic rings. The first-order chi connectivity index (χ1) is 8.43. The SMILES string of the molecule is Cc1cc(C(=O)O)nc(NCC2(C(C)C)CC2)n1. The predicted molar refractivity (Wildman–Crippen MR) is 68.7 cm³/mol. The largest absolute Gasteiger partial charge is 0.477 e. The Bertz CT molecular complexity index is 467. The van der Waals surface area contributed by atoms with Crippen molar-refractivity contribution in [3.8, 4) is 0 Å². The number of nitrogens with one attached hydrogen (secondary N) is 1. The summed E-state index contributed by atoms with van der Waals surface area (Å²) in [6.07, 6.45) is 2.44. The first kappa shape index (κ1) is 12.8. The third-order valence-corrected chi connectivity index (χ3v) is 3.79. The van der Waals surface area contributed by atoms with Gasteiger partial charge in [0.1, 0.15) is 0 Å². The molecule has 2 N–H and O–H groups in total. The van der Waals surface area contributed by atoms with Gasteiger partial charge in [-0.15, -0.1) is 0 Å². The van der Waals surface area contributed by atoms with Crippen LogP contribution in [0.15, 0.2) is 6.07 Å². The van der Waals surface area contributed by atoms with Crippen LogP contribution in [-0.2, 0) is 0 Å². The van der Waals surface area contributed by atoms with Crippen LogP contribution in [0.4, 0.5) is 5.95 Å². The summed E-state index contributed by atoms with van der Waals surface area (Å²) in [4.78, 5) is 19.1. The van der Waals surface area contributed by atoms with Crippen molar-refractivity contribution < 1.29 is 9.90 Å². The molecule has 1 aromatic heterocycles. The Balaban J connectivity index is 2.08. The molecule has 0 atom stereocenters. The highest BCUT2D eigenvalue weighted by Gasteiger charge is 2.45. The lowest BCUT2D eigenvalue weighted by Crippen LogP contribution is -2.22. The zero-order chi connectivity index (χ0) is 13.3. The fraction of sp³-hybridized carbons (Fsp3) is 0.615. The lowest BCUT2D eigenvalue weighted by Gasteiger charge is -2.20. The second-order valence-corrected chi connectivity index (χ2v) is 5.39. The molecule has 0 radical (unpaired) electrons. The van der Waals surface area contributed by atoms with E-state index in [0.29, 0.717) is 23.0 Å². The summed E-state index contributed by atoms with van der Waals surface area (Å²) in [6, 6.07) is 1.48. The molecule has 0 unspecified atom stereocenters. The number of hydrogen-bond donors (Lipinski definition) is 2. The fourth-order valence-corrected chi connectivity index (χ4v) is 2.13. The van der Waals surface area contributed by atoms with E-state index in [1.54, 1.807) is 6.92 Å². The van der Waals surface area contributed by atoms with Gasteiger partial charge in [0.15, 0.2) is 5.69 Å². The van der Waals surface area contributed by atoms with E-state index >= 15 is 0 Å². The third kappa shape index (κ3) is 2.60. The Morgan fingerprint density at radius 2 is 2.17 bits per heavy atom. The van der Waals surface area contributed by atoms with Gasteiger partial charge in [0.25, 0.3) is 0 Å². The summed E-state index contributed by atoms with van der Waals surface area (Å²) in [5.74, 6) is 0.0154. The van der Waals surface area contributed by atoms with Crippen molar-refractivity contribution >= 4 is 11.9 Å². The standard InChI is InChI=1S/C13H19N3O2/c1-8(2)13(4-5-13)7-14-12-15-9(3)6-10(16-12)11(17)18/h6,8H,4-5,7H2,1-3H3,(H,17,18)(H,14,15,16). The number of aromatic carboxylic acids is 1. The van der Waals surface area contributed by atoms with Crippen LogP contribution in [0.3, 0.4) is 0 Å². The Kier molecular flexibility index (Phi) is 3.24. The van der Waals surface area contributed by atoms with Gasteiger partial charge in [0.2, 0.25) is 5.95 Å². The fourth-order valence-electron chi connectivity index (χ4n) is 2.13. The zero-order valence-corrected chi connectivity index (χ0v) is 11.0. The number of carbonyl (C=O) groups is 1. The van der Waals surface area contributed by atoms with Gasteiger partial charge in [-0.05, 0) is 37.2 Å². The highest BCUT2D eigenvalue weighted by atomic mass is 16.4. The van der Waals surface area contributed by atoms with E-state index in [0.717, 1.165) is 6.54 Å². The highest BCUT2D eigenvalue weighted by molar-refractivity contribution is 5.85. The van der Waals surface area contributed by atoms with Crippen LogP contribution in [0.2, 0.25) is 0 Å². The van der Waals surface area contributed by atoms with E-state index in [1.807, 2.05) is 0 Å². The summed E-state index contributed by atoms with van der Waals surface area (Å²) < 4.78 is 0. The van der Waals surface area contributed by atoms with Gasteiger partial charge in [-0.25, -0.2) is 14.8 Å². The highest BCUT2D eigenvalue weighted by Crippen LogP contribution is 2.51. The monoisotopic (exact) mass is 249 g/mol. The minimum absolute atomic E-state index is 0.0411. The first-order valence-electron chi connectivity index (χ1n) is 6.26. The summed E-state index contributed by atoms with van der Waals surface area (Å²) in [5, 5.41) is 12.1. The topological polar surface area (TPSA) is 75.1 Å². The average Bonchev–Trinajstić information content (AvgIpc) is 3.06. The summed E-state index contributed by atoms with van der Waals surface area (Å²) in [6.45, 7) is 7.02. The quantitative estimate of drug-likeness (QED) is 0.837. The number of nitrogens with zero attached hydrogens (tertiary/aromatic N) is 2. The molecule has 0 bridgehead atoms. The zero-order valence-electron chi connectivity index (χ0n) is 11.0. The summed E-state index contributed by atoms with van der Waals surface area (Å²) in [7, 11) is 0. The first-order valence-corrected chi connectivity index (χ1v) is 6.26. The smallest absolute Gasteiger partial charge is 0.354 e. The molecule has 98 valence electrons. The van der Waals surface area contributed by atoms with Gasteiger partial charge >= 0.3 is 5.97 Å². The Morgan fingerprint density at radius 3 is 2.67 bits per heavy atom. The number of aromatic nitrogens is 2. The van der Waals surface area contributed by atoms with E-state index < -0.39 is 5.97 Å². The normalized spacial score (nSPS) is 16.7. The lowest BCUT2D eigenvalue weighted by atomic mass is 9.92. The van der Waals surface area contributed by atoms with Crippen LogP contribution in [0.1, 0.15) is 42.9 Å². The van der Waals surface area contributed by atoms with Gasteiger partial charge in [-0.2, -0.15) is 0 Å². The summed E-state index contributed by atoms with van der Waals surface area (Å²) >= 11 is 0. The van der Waals surface area contributed by atoms with Crippen LogP contribution in [0, 0.1) is 18.3 Å². The maximum Gasteiger partial charge on any atom is 0.354 e. The van der Waals surface area contributed by atoms with Crippen molar-refractivity contribution in [2.24, 2.45) is 11.3 Å². The molecule has 0 saturated heterocycles. The van der Waals surface area contributed by atoms with Crippen molar-refractivity contribution in [1.82, 2.24) is 9.97 Å². The van der Waals surface area contributed by atoms with Crippen LogP contribution in [-0.4, -0.2) is 27.6 Å². The molecule has 0 amide bonds. The molecule has 1 heterocycles. The van der Waals surface area contributed by atoms with Gasteiger partial charge in [-0.3, -0.25) is 0 Å². The van der Waals surface area contributed by atoms with Gasteiger partial charge in [0.05, 0.1) is 0 Å². The molecule has 1 aromatic rings. The third-order valence-electron chi connectivity index (χ3n) is 3.79. The van der Waals surface area contributed by atoms with Crippen LogP contribution in [0.5, 0.6) is 0 Å². The second kappa shape index (κ2) is 4.55. The second-order valence-electron chi connectivity index (χ2n) is 5.39. The number of aryl methyl sites for hydroxylation is 1. The molecule has 2 rings (SSSR count). The number of carboxylic acid groups (broad SMARTS) is 1. The molecular weight excluding hydrogens is 230 g/mol. The number of hydrogen-bond acceptors (Lipinski definition) is 4. The molecule has 0 aliphatic heterocycles. The average molecular weight is 249 g/mol. The maximum atomic E-state index is 10.9. The van der Waals surface area contributed by atoms with E-state index in [1.165, 1.54) is 18.9 Å². The Morgan fingerprint density at radius 1 is 1.50 bits per heavy atom. The number of carboxylic acids is 1. The van der Waals surface area contributed by atoms with Crippen LogP contribution < -0.4 is 5.32 Å².